The van der Waals surface area contributed by atoms with Gasteiger partial charge in [0.15, 0.2) is 0 Å². The van der Waals surface area contributed by atoms with E-state index in [-0.39, 0.29) is 0 Å². The van der Waals surface area contributed by atoms with E-state index in [1.54, 1.807) is 0 Å². The zero-order chi connectivity index (χ0) is 19.9. The van der Waals surface area contributed by atoms with E-state index in [0.717, 1.165) is 54.5 Å². The molecule has 5 heteroatoms. The highest BCUT2D eigenvalue weighted by molar-refractivity contribution is 5.68. The largest absolute Gasteiger partial charge is 0.494 e. The summed E-state index contributed by atoms with van der Waals surface area (Å²) in [5.41, 5.74) is 10.7. The van der Waals surface area contributed by atoms with Gasteiger partial charge in [0, 0.05) is 37.1 Å². The Morgan fingerprint density at radius 2 is 1.82 bits per heavy atom. The molecule has 0 amide bonds. The van der Waals surface area contributed by atoms with Crippen LogP contribution in [0.3, 0.4) is 0 Å². The molecule has 3 aromatic rings. The maximum absolute atomic E-state index is 6.04. The van der Waals surface area contributed by atoms with Crippen LogP contribution >= 0.6 is 0 Å². The number of hydrogen-bond donors (Lipinski definition) is 1. The van der Waals surface area contributed by atoms with Crippen molar-refractivity contribution in [3.8, 4) is 17.0 Å². The fraction of sp³-hybridized carbons (Fsp3) is 0.261. The molecule has 0 aliphatic carbocycles. The van der Waals surface area contributed by atoms with Crippen LogP contribution in [0.5, 0.6) is 5.75 Å². The summed E-state index contributed by atoms with van der Waals surface area (Å²) in [6, 6.07) is 11.9. The molecule has 28 heavy (non-hydrogen) atoms. The van der Waals surface area contributed by atoms with Crippen molar-refractivity contribution in [2.75, 3.05) is 25.4 Å². The van der Waals surface area contributed by atoms with Gasteiger partial charge in [0.2, 0.25) is 0 Å². The highest BCUT2D eigenvalue weighted by atomic mass is 16.5. The van der Waals surface area contributed by atoms with Crippen molar-refractivity contribution < 1.29 is 4.74 Å². The number of aromatic nitrogens is 2. The van der Waals surface area contributed by atoms with Crippen LogP contribution in [0.2, 0.25) is 0 Å². The van der Waals surface area contributed by atoms with Crippen molar-refractivity contribution >= 4 is 11.3 Å². The molecule has 3 rings (SSSR count). The van der Waals surface area contributed by atoms with E-state index in [0.29, 0.717) is 12.2 Å². The number of nitrogens with zero attached hydrogens (tertiary/aromatic N) is 3. The lowest BCUT2D eigenvalue weighted by molar-refractivity contribution is 0.317. The number of anilines is 1. The molecule has 0 spiro atoms. The molecule has 1 aromatic carbocycles. The molecule has 0 saturated carbocycles. The second-order valence-corrected chi connectivity index (χ2v) is 6.74. The van der Waals surface area contributed by atoms with E-state index in [9.17, 15) is 0 Å². The number of hydrogen-bond acceptors (Lipinski definition) is 4. The molecule has 0 aliphatic heterocycles. The Morgan fingerprint density at radius 1 is 1.11 bits per heavy atom. The fourth-order valence-corrected chi connectivity index (χ4v) is 3.20. The summed E-state index contributed by atoms with van der Waals surface area (Å²) in [5.74, 6) is 0.875. The van der Waals surface area contributed by atoms with Crippen molar-refractivity contribution in [2.24, 2.45) is 0 Å². The van der Waals surface area contributed by atoms with Gasteiger partial charge in [-0.3, -0.25) is 4.90 Å². The Kier molecular flexibility index (Phi) is 6.50. The first-order chi connectivity index (χ1) is 13.7. The van der Waals surface area contributed by atoms with Gasteiger partial charge >= 0.3 is 0 Å². The first kappa shape index (κ1) is 19.7. The normalized spacial score (nSPS) is 11.1. The average molecular weight is 377 g/mol. The Bertz CT molecular complexity index is 933. The first-order valence-electron chi connectivity index (χ1n) is 9.60. The van der Waals surface area contributed by atoms with Gasteiger partial charge in [-0.1, -0.05) is 19.1 Å². The molecular weight excluding hydrogens is 348 g/mol. The van der Waals surface area contributed by atoms with Gasteiger partial charge in [0.05, 0.1) is 18.0 Å². The van der Waals surface area contributed by atoms with Gasteiger partial charge in [-0.05, 0) is 42.8 Å². The van der Waals surface area contributed by atoms with Crippen molar-refractivity contribution in [3.05, 3.63) is 73.6 Å². The Balaban J connectivity index is 2.03. The average Bonchev–Trinajstić information content (AvgIpc) is 3.05. The summed E-state index contributed by atoms with van der Waals surface area (Å²) in [6.45, 7) is 12.8. The number of benzene rings is 1. The van der Waals surface area contributed by atoms with Crippen molar-refractivity contribution in [3.63, 3.8) is 0 Å². The fourth-order valence-electron chi connectivity index (χ4n) is 3.20. The van der Waals surface area contributed by atoms with Crippen LogP contribution in [0.4, 0.5) is 5.69 Å². The molecule has 5 nitrogen and oxygen atoms in total. The summed E-state index contributed by atoms with van der Waals surface area (Å²) >= 11 is 0. The number of nitrogens with two attached hydrogens (primary N) is 1. The second kappa shape index (κ2) is 9.24. The molecule has 2 heterocycles. The van der Waals surface area contributed by atoms with Gasteiger partial charge in [-0.15, -0.1) is 13.2 Å². The van der Waals surface area contributed by atoms with E-state index >= 15 is 0 Å². The lowest BCUT2D eigenvalue weighted by Gasteiger charge is -2.19. The van der Waals surface area contributed by atoms with Crippen LogP contribution in [0.25, 0.3) is 16.9 Å². The summed E-state index contributed by atoms with van der Waals surface area (Å²) < 4.78 is 7.78. The highest BCUT2D eigenvalue weighted by Gasteiger charge is 2.17. The summed E-state index contributed by atoms with van der Waals surface area (Å²) in [4.78, 5) is 7.14. The van der Waals surface area contributed by atoms with Gasteiger partial charge in [0.25, 0.3) is 0 Å². The number of rotatable bonds is 10. The van der Waals surface area contributed by atoms with E-state index in [1.165, 1.54) is 0 Å². The van der Waals surface area contributed by atoms with Crippen LogP contribution in [0.1, 0.15) is 19.0 Å². The lowest BCUT2D eigenvalue weighted by Crippen LogP contribution is -2.24. The van der Waals surface area contributed by atoms with E-state index < -0.39 is 0 Å². The minimum Gasteiger partial charge on any atom is -0.494 e. The van der Waals surface area contributed by atoms with Gasteiger partial charge in [-0.2, -0.15) is 0 Å². The van der Waals surface area contributed by atoms with Crippen molar-refractivity contribution in [1.82, 2.24) is 14.3 Å². The van der Waals surface area contributed by atoms with Crippen LogP contribution in [-0.4, -0.2) is 34.0 Å². The Labute approximate surface area is 166 Å². The topological polar surface area (TPSA) is 55.8 Å². The molecule has 2 N–H and O–H groups in total. The molecule has 0 fully saturated rings. The predicted molar refractivity (Wildman–Crippen MR) is 116 cm³/mol. The Morgan fingerprint density at radius 3 is 2.46 bits per heavy atom. The first-order valence-corrected chi connectivity index (χ1v) is 9.60. The van der Waals surface area contributed by atoms with Crippen LogP contribution in [0, 0.1) is 0 Å². The van der Waals surface area contributed by atoms with E-state index in [4.69, 9.17) is 15.5 Å². The number of pyridine rings is 1. The van der Waals surface area contributed by atoms with E-state index in [2.05, 4.69) is 41.5 Å². The number of imidazole rings is 1. The Hall–Kier alpha value is -3.05. The summed E-state index contributed by atoms with van der Waals surface area (Å²) in [6.07, 6.45) is 6.73. The summed E-state index contributed by atoms with van der Waals surface area (Å²) in [5, 5.41) is 0. The number of ether oxygens (including phenoxy) is 1. The van der Waals surface area contributed by atoms with Gasteiger partial charge in [0.1, 0.15) is 11.4 Å². The van der Waals surface area contributed by atoms with Crippen molar-refractivity contribution in [1.29, 1.82) is 0 Å². The third-order valence-electron chi connectivity index (χ3n) is 4.49. The second-order valence-electron chi connectivity index (χ2n) is 6.74. The van der Waals surface area contributed by atoms with Crippen LogP contribution in [-0.2, 0) is 6.54 Å². The molecule has 0 saturated heterocycles. The zero-order valence-corrected chi connectivity index (χ0v) is 16.5. The lowest BCUT2D eigenvalue weighted by atomic mass is 10.1. The van der Waals surface area contributed by atoms with Crippen LogP contribution < -0.4 is 10.5 Å². The van der Waals surface area contributed by atoms with Gasteiger partial charge < -0.3 is 14.9 Å². The molecule has 0 bridgehead atoms. The summed E-state index contributed by atoms with van der Waals surface area (Å²) in [7, 11) is 0. The monoisotopic (exact) mass is 376 g/mol. The number of fused-ring (bicyclic) bond motifs is 1. The molecule has 2 aromatic heterocycles. The molecular formula is C23H28N4O. The molecule has 0 unspecified atom stereocenters. The molecule has 146 valence electrons. The molecule has 0 atom stereocenters. The van der Waals surface area contributed by atoms with E-state index in [1.807, 2.05) is 42.6 Å². The zero-order valence-electron chi connectivity index (χ0n) is 16.5. The van der Waals surface area contributed by atoms with Gasteiger partial charge in [-0.25, -0.2) is 4.98 Å². The van der Waals surface area contributed by atoms with Crippen molar-refractivity contribution in [2.45, 2.75) is 19.9 Å². The standard InChI is InChI=1S/C23H28N4O/c1-4-13-26(14-5-2)17-21-23(25-22-12-9-19(24)16-27(21)22)18-7-10-20(11-8-18)28-15-6-3/h4-5,7-12,16H,1-2,6,13-15,17,24H2,3H3. The number of nitrogen functional groups attached to an aromatic ring is 1. The maximum Gasteiger partial charge on any atom is 0.137 e. The minimum absolute atomic E-state index is 0.708. The maximum atomic E-state index is 6.04. The minimum atomic E-state index is 0.708. The predicted octanol–water partition coefficient (Wildman–Crippen LogP) is 4.55. The third-order valence-corrected chi connectivity index (χ3v) is 4.49. The SMILES string of the molecule is C=CCN(CC=C)Cc1c(-c2ccc(OCCC)cc2)nc2ccc(N)cn12. The van der Waals surface area contributed by atoms with Crippen LogP contribution in [0.15, 0.2) is 67.9 Å². The molecule has 0 aliphatic rings. The smallest absolute Gasteiger partial charge is 0.137 e. The molecule has 0 radical (unpaired) electrons. The third kappa shape index (κ3) is 4.43. The highest BCUT2D eigenvalue weighted by Crippen LogP contribution is 2.28. The quantitative estimate of drug-likeness (QED) is 0.528.